The van der Waals surface area contributed by atoms with Crippen LogP contribution in [0.25, 0.3) is 0 Å². The van der Waals surface area contributed by atoms with Crippen molar-refractivity contribution in [1.29, 1.82) is 5.26 Å². The van der Waals surface area contributed by atoms with E-state index in [4.69, 9.17) is 5.26 Å². The molecule has 1 atom stereocenters. The molecule has 6 nitrogen and oxygen atoms in total. The molecular weight excluding hydrogens is 285 g/mol. The molecular formula is C12H10FN3O3S. The predicted octanol–water partition coefficient (Wildman–Crippen LogP) is 1.14. The Morgan fingerprint density at radius 1 is 1.45 bits per heavy atom. The van der Waals surface area contributed by atoms with Crippen molar-refractivity contribution in [1.82, 2.24) is 4.31 Å². The molecule has 1 aromatic rings. The van der Waals surface area contributed by atoms with E-state index >= 15 is 0 Å². The van der Waals surface area contributed by atoms with E-state index in [1.165, 1.54) is 12.1 Å². The van der Waals surface area contributed by atoms with Crippen molar-refractivity contribution in [3.8, 4) is 6.07 Å². The SMILES string of the molecule is N#Cc1c(F)cccc1S(=O)(=O)N1CCCC1N=C=O. The Bertz CT molecular complexity index is 720. The van der Waals surface area contributed by atoms with Crippen LogP contribution in [-0.2, 0) is 14.8 Å². The number of rotatable bonds is 3. The van der Waals surface area contributed by atoms with E-state index in [0.29, 0.717) is 12.8 Å². The Labute approximate surface area is 115 Å². The maximum atomic E-state index is 13.5. The van der Waals surface area contributed by atoms with Gasteiger partial charge in [0.1, 0.15) is 28.5 Å². The Balaban J connectivity index is 2.54. The molecule has 0 amide bonds. The molecule has 0 aliphatic carbocycles. The number of halogens is 1. The van der Waals surface area contributed by atoms with E-state index in [1.54, 1.807) is 6.07 Å². The second kappa shape index (κ2) is 5.51. The van der Waals surface area contributed by atoms with Crippen LogP contribution >= 0.6 is 0 Å². The summed E-state index contributed by atoms with van der Waals surface area (Å²) in [6, 6.07) is 4.95. The summed E-state index contributed by atoms with van der Waals surface area (Å²) in [5.74, 6) is -0.900. The average molecular weight is 295 g/mol. The molecule has 20 heavy (non-hydrogen) atoms. The van der Waals surface area contributed by atoms with Crippen molar-refractivity contribution in [2.24, 2.45) is 4.99 Å². The summed E-state index contributed by atoms with van der Waals surface area (Å²) in [5.41, 5.74) is -0.534. The maximum absolute atomic E-state index is 13.5. The summed E-state index contributed by atoms with van der Waals surface area (Å²) in [7, 11) is -4.08. The maximum Gasteiger partial charge on any atom is 0.246 e. The van der Waals surface area contributed by atoms with Gasteiger partial charge in [0.15, 0.2) is 0 Å². The molecule has 1 aliphatic rings. The topological polar surface area (TPSA) is 90.6 Å². The molecule has 1 unspecified atom stereocenters. The van der Waals surface area contributed by atoms with Crippen molar-refractivity contribution in [2.75, 3.05) is 6.54 Å². The van der Waals surface area contributed by atoms with E-state index in [-0.39, 0.29) is 6.54 Å². The highest BCUT2D eigenvalue weighted by Gasteiger charge is 2.37. The Kier molecular flexibility index (Phi) is 3.95. The van der Waals surface area contributed by atoms with Gasteiger partial charge in [-0.25, -0.2) is 17.6 Å². The highest BCUT2D eigenvalue weighted by Crippen LogP contribution is 2.28. The number of benzene rings is 1. The van der Waals surface area contributed by atoms with Crippen LogP contribution in [0.1, 0.15) is 18.4 Å². The van der Waals surface area contributed by atoms with Gasteiger partial charge in [-0.05, 0) is 25.0 Å². The van der Waals surface area contributed by atoms with Crippen molar-refractivity contribution < 1.29 is 17.6 Å². The molecule has 0 N–H and O–H groups in total. The number of isocyanates is 1. The van der Waals surface area contributed by atoms with E-state index < -0.39 is 32.5 Å². The van der Waals surface area contributed by atoms with E-state index in [2.05, 4.69) is 4.99 Å². The first-order valence-electron chi connectivity index (χ1n) is 5.80. The molecule has 1 aliphatic heterocycles. The molecule has 0 bridgehead atoms. The standard InChI is InChI=1S/C12H10FN3O3S/c13-10-3-1-4-11(9(10)7-14)20(18,19)16-6-2-5-12(16)15-8-17/h1,3-4,12H,2,5-6H2. The highest BCUT2D eigenvalue weighted by molar-refractivity contribution is 7.89. The molecule has 0 radical (unpaired) electrons. The lowest BCUT2D eigenvalue weighted by atomic mass is 10.2. The lowest BCUT2D eigenvalue weighted by Gasteiger charge is -2.20. The van der Waals surface area contributed by atoms with E-state index in [1.807, 2.05) is 0 Å². The van der Waals surface area contributed by atoms with Crippen molar-refractivity contribution in [3.63, 3.8) is 0 Å². The molecule has 104 valence electrons. The summed E-state index contributed by atoms with van der Waals surface area (Å²) < 4.78 is 39.5. The number of nitriles is 1. The largest absolute Gasteiger partial charge is 0.246 e. The number of sulfonamides is 1. The first kappa shape index (κ1) is 14.3. The normalized spacial score (nSPS) is 19.3. The van der Waals surface area contributed by atoms with Crippen LogP contribution in [0.5, 0.6) is 0 Å². The third-order valence-electron chi connectivity index (χ3n) is 3.05. The summed E-state index contributed by atoms with van der Waals surface area (Å²) >= 11 is 0. The third kappa shape index (κ3) is 2.34. The minimum Gasteiger partial charge on any atom is -0.211 e. The zero-order chi connectivity index (χ0) is 14.8. The zero-order valence-electron chi connectivity index (χ0n) is 10.3. The lowest BCUT2D eigenvalue weighted by Crippen LogP contribution is -2.34. The Hall–Kier alpha value is -2.07. The van der Waals surface area contributed by atoms with Crippen molar-refractivity contribution >= 4 is 16.1 Å². The van der Waals surface area contributed by atoms with Crippen LogP contribution in [0, 0.1) is 17.1 Å². The molecule has 1 aromatic carbocycles. The van der Waals surface area contributed by atoms with Gasteiger partial charge in [0, 0.05) is 6.54 Å². The zero-order valence-corrected chi connectivity index (χ0v) is 11.1. The van der Waals surface area contributed by atoms with Gasteiger partial charge < -0.3 is 0 Å². The van der Waals surface area contributed by atoms with Crippen LogP contribution < -0.4 is 0 Å². The number of aliphatic imine (C=N–C) groups is 1. The van der Waals surface area contributed by atoms with Gasteiger partial charge in [0.25, 0.3) is 0 Å². The van der Waals surface area contributed by atoms with Crippen LogP contribution in [0.3, 0.4) is 0 Å². The van der Waals surface area contributed by atoms with Crippen molar-refractivity contribution in [3.05, 3.63) is 29.6 Å². The summed E-state index contributed by atoms with van der Waals surface area (Å²) in [6.07, 6.45) is 1.42. The number of hydrogen-bond donors (Lipinski definition) is 0. The quantitative estimate of drug-likeness (QED) is 0.617. The fourth-order valence-electron chi connectivity index (χ4n) is 2.15. The molecule has 1 saturated heterocycles. The fraction of sp³-hybridized carbons (Fsp3) is 0.333. The second-order valence-electron chi connectivity index (χ2n) is 4.18. The minimum absolute atomic E-state index is 0.166. The van der Waals surface area contributed by atoms with Crippen LogP contribution in [-0.4, -0.2) is 31.5 Å². The second-order valence-corrected chi connectivity index (χ2v) is 6.04. The van der Waals surface area contributed by atoms with Gasteiger partial charge in [0.05, 0.1) is 0 Å². The molecule has 0 saturated carbocycles. The molecule has 8 heteroatoms. The molecule has 0 spiro atoms. The molecule has 0 aromatic heterocycles. The van der Waals surface area contributed by atoms with Crippen molar-refractivity contribution in [2.45, 2.75) is 23.9 Å². The summed E-state index contributed by atoms with van der Waals surface area (Å²) in [6.45, 7) is 0.166. The van der Waals surface area contributed by atoms with Gasteiger partial charge in [-0.3, -0.25) is 0 Å². The Morgan fingerprint density at radius 2 is 2.20 bits per heavy atom. The highest BCUT2D eigenvalue weighted by atomic mass is 32.2. The minimum atomic E-state index is -4.08. The number of carbonyl (C=O) groups excluding carboxylic acids is 1. The predicted molar refractivity (Wildman–Crippen MR) is 66.2 cm³/mol. The fourth-order valence-corrected chi connectivity index (χ4v) is 3.89. The first-order chi connectivity index (χ1) is 9.52. The van der Waals surface area contributed by atoms with E-state index in [9.17, 15) is 17.6 Å². The molecule has 1 heterocycles. The number of hydrogen-bond acceptors (Lipinski definition) is 5. The van der Waals surface area contributed by atoms with E-state index in [0.717, 1.165) is 16.4 Å². The average Bonchev–Trinajstić information content (AvgIpc) is 2.88. The molecule has 2 rings (SSSR count). The first-order valence-corrected chi connectivity index (χ1v) is 7.24. The summed E-state index contributed by atoms with van der Waals surface area (Å²) in [5, 5.41) is 8.92. The van der Waals surface area contributed by atoms with Gasteiger partial charge >= 0.3 is 0 Å². The van der Waals surface area contributed by atoms with Gasteiger partial charge in [0.2, 0.25) is 16.1 Å². The van der Waals surface area contributed by atoms with Crippen LogP contribution in [0.2, 0.25) is 0 Å². The monoisotopic (exact) mass is 295 g/mol. The third-order valence-corrected chi connectivity index (χ3v) is 4.99. The van der Waals surface area contributed by atoms with Gasteiger partial charge in [-0.15, -0.1) is 0 Å². The van der Waals surface area contributed by atoms with Crippen LogP contribution in [0.15, 0.2) is 28.1 Å². The smallest absolute Gasteiger partial charge is 0.211 e. The number of nitrogens with zero attached hydrogens (tertiary/aromatic N) is 3. The summed E-state index contributed by atoms with van der Waals surface area (Å²) in [4.78, 5) is 13.4. The Morgan fingerprint density at radius 3 is 2.85 bits per heavy atom. The molecule has 1 fully saturated rings. The van der Waals surface area contributed by atoms with Crippen LogP contribution in [0.4, 0.5) is 4.39 Å². The van der Waals surface area contributed by atoms with Gasteiger partial charge in [-0.1, -0.05) is 6.07 Å². The van der Waals surface area contributed by atoms with Gasteiger partial charge in [-0.2, -0.15) is 14.6 Å². The lowest BCUT2D eigenvalue weighted by molar-refractivity contribution is 0.395.